The molecule has 164 valence electrons. The first kappa shape index (κ1) is 20.8. The third kappa shape index (κ3) is 4.57. The molecule has 0 bridgehead atoms. The number of benzene rings is 2. The maximum atomic E-state index is 13.7. The number of halogens is 1. The number of anilines is 2. The summed E-state index contributed by atoms with van der Waals surface area (Å²) in [5, 5.41) is 3.34. The summed E-state index contributed by atoms with van der Waals surface area (Å²) < 4.78 is 13.7. The minimum Gasteiger partial charge on any atom is -0.340 e. The van der Waals surface area contributed by atoms with Gasteiger partial charge < -0.3 is 10.2 Å². The molecule has 3 heterocycles. The van der Waals surface area contributed by atoms with Crippen molar-refractivity contribution in [2.45, 2.75) is 18.9 Å². The Balaban J connectivity index is 1.53. The van der Waals surface area contributed by atoms with Crippen molar-refractivity contribution in [1.82, 2.24) is 19.9 Å². The first-order chi connectivity index (χ1) is 16.2. The molecule has 5 rings (SSSR count). The first-order valence-corrected chi connectivity index (χ1v) is 10.9. The van der Waals surface area contributed by atoms with Crippen LogP contribution in [0.3, 0.4) is 0 Å². The zero-order valence-electron chi connectivity index (χ0n) is 17.9. The molecular formula is C26H22FN5O. The summed E-state index contributed by atoms with van der Waals surface area (Å²) in [4.78, 5) is 28.7. The highest BCUT2D eigenvalue weighted by molar-refractivity contribution is 5.94. The molecule has 1 saturated heterocycles. The maximum absolute atomic E-state index is 13.7. The third-order valence-corrected chi connectivity index (χ3v) is 5.63. The Bertz CT molecular complexity index is 1270. The van der Waals surface area contributed by atoms with E-state index in [1.54, 1.807) is 29.4 Å². The number of hydrogen-bond donors (Lipinski definition) is 1. The van der Waals surface area contributed by atoms with E-state index in [-0.39, 0.29) is 11.9 Å². The lowest BCUT2D eigenvalue weighted by molar-refractivity contribution is 0.0729. The van der Waals surface area contributed by atoms with Gasteiger partial charge in [0.2, 0.25) is 0 Å². The van der Waals surface area contributed by atoms with Crippen molar-refractivity contribution in [2.24, 2.45) is 0 Å². The molecule has 2 aromatic carbocycles. The number of pyridine rings is 1. The van der Waals surface area contributed by atoms with Gasteiger partial charge in [0.25, 0.3) is 5.91 Å². The van der Waals surface area contributed by atoms with Crippen molar-refractivity contribution in [2.75, 3.05) is 11.9 Å². The van der Waals surface area contributed by atoms with Crippen LogP contribution in [0.2, 0.25) is 0 Å². The van der Waals surface area contributed by atoms with Crippen molar-refractivity contribution in [3.05, 3.63) is 102 Å². The molecule has 0 spiro atoms. The van der Waals surface area contributed by atoms with Crippen molar-refractivity contribution in [3.8, 4) is 11.3 Å². The van der Waals surface area contributed by atoms with E-state index >= 15 is 0 Å². The second kappa shape index (κ2) is 9.16. The predicted octanol–water partition coefficient (Wildman–Crippen LogP) is 5.40. The quantitative estimate of drug-likeness (QED) is 0.451. The molecule has 0 saturated carbocycles. The summed E-state index contributed by atoms with van der Waals surface area (Å²) in [6, 6.07) is 20.9. The fraction of sp³-hybridized carbons (Fsp3) is 0.154. The van der Waals surface area contributed by atoms with Crippen LogP contribution in [0.15, 0.2) is 85.2 Å². The summed E-state index contributed by atoms with van der Waals surface area (Å²) >= 11 is 0. The van der Waals surface area contributed by atoms with Gasteiger partial charge in [-0.2, -0.15) is 0 Å². The molecule has 1 atom stereocenters. The number of nitrogens with one attached hydrogen (secondary N) is 1. The van der Waals surface area contributed by atoms with E-state index in [1.165, 1.54) is 12.1 Å². The number of carbonyl (C=O) groups is 1. The van der Waals surface area contributed by atoms with Crippen LogP contribution in [0.25, 0.3) is 11.3 Å². The summed E-state index contributed by atoms with van der Waals surface area (Å²) in [5.74, 6) is 0.540. The highest BCUT2D eigenvalue weighted by atomic mass is 19.1. The number of likely N-dealkylation sites (tertiary alicyclic amines) is 1. The predicted molar refractivity (Wildman–Crippen MR) is 124 cm³/mol. The normalized spacial score (nSPS) is 15.4. The van der Waals surface area contributed by atoms with E-state index in [0.29, 0.717) is 23.8 Å². The van der Waals surface area contributed by atoms with Crippen LogP contribution in [0.5, 0.6) is 0 Å². The fourth-order valence-electron chi connectivity index (χ4n) is 4.08. The van der Waals surface area contributed by atoms with E-state index in [0.717, 1.165) is 29.8 Å². The number of nitrogens with zero attached hydrogens (tertiary/aromatic N) is 4. The molecule has 1 aliphatic heterocycles. The van der Waals surface area contributed by atoms with Crippen LogP contribution >= 0.6 is 0 Å². The lowest BCUT2D eigenvalue weighted by Gasteiger charge is -2.24. The molecule has 4 aromatic rings. The monoisotopic (exact) mass is 439 g/mol. The smallest absolute Gasteiger partial charge is 0.254 e. The first-order valence-electron chi connectivity index (χ1n) is 10.9. The van der Waals surface area contributed by atoms with E-state index < -0.39 is 5.82 Å². The summed E-state index contributed by atoms with van der Waals surface area (Å²) in [7, 11) is 0. The molecule has 1 aliphatic rings. The highest BCUT2D eigenvalue weighted by Gasteiger charge is 2.33. The fourth-order valence-corrected chi connectivity index (χ4v) is 4.08. The summed E-state index contributed by atoms with van der Waals surface area (Å²) in [6.07, 6.45) is 5.03. The lowest BCUT2D eigenvalue weighted by atomic mass is 10.1. The number of aromatic nitrogens is 3. The number of amides is 1. The minimum absolute atomic E-state index is 0.218. The van der Waals surface area contributed by atoms with Gasteiger partial charge in [0, 0.05) is 41.8 Å². The zero-order valence-corrected chi connectivity index (χ0v) is 17.9. The van der Waals surface area contributed by atoms with E-state index in [1.807, 2.05) is 48.5 Å². The van der Waals surface area contributed by atoms with E-state index in [9.17, 15) is 9.18 Å². The lowest BCUT2D eigenvalue weighted by Crippen LogP contribution is -2.31. The van der Waals surface area contributed by atoms with Crippen molar-refractivity contribution in [3.63, 3.8) is 0 Å². The van der Waals surface area contributed by atoms with Gasteiger partial charge in [-0.25, -0.2) is 14.4 Å². The van der Waals surface area contributed by atoms with Crippen LogP contribution in [-0.2, 0) is 0 Å². The van der Waals surface area contributed by atoms with Crippen molar-refractivity contribution in [1.29, 1.82) is 0 Å². The maximum Gasteiger partial charge on any atom is 0.254 e. The van der Waals surface area contributed by atoms with Gasteiger partial charge in [0.05, 0.1) is 11.7 Å². The van der Waals surface area contributed by atoms with Gasteiger partial charge in [-0.3, -0.25) is 9.78 Å². The van der Waals surface area contributed by atoms with Crippen molar-refractivity contribution < 1.29 is 9.18 Å². The van der Waals surface area contributed by atoms with Crippen LogP contribution in [0.4, 0.5) is 15.9 Å². The van der Waals surface area contributed by atoms with Crippen LogP contribution in [0, 0.1) is 5.82 Å². The Hall–Kier alpha value is -4.13. The van der Waals surface area contributed by atoms with E-state index in [2.05, 4.69) is 10.3 Å². The molecular weight excluding hydrogens is 417 g/mol. The minimum atomic E-state index is -0.430. The number of hydrogen-bond acceptors (Lipinski definition) is 5. The molecule has 7 heteroatoms. The van der Waals surface area contributed by atoms with Gasteiger partial charge in [-0.15, -0.1) is 0 Å². The van der Waals surface area contributed by atoms with Gasteiger partial charge in [-0.05, 0) is 55.3 Å². The van der Waals surface area contributed by atoms with Gasteiger partial charge >= 0.3 is 0 Å². The number of para-hydroxylation sites is 1. The number of rotatable bonds is 5. The molecule has 33 heavy (non-hydrogen) atoms. The topological polar surface area (TPSA) is 71.0 Å². The highest BCUT2D eigenvalue weighted by Crippen LogP contribution is 2.33. The Kier molecular flexibility index (Phi) is 5.76. The average molecular weight is 439 g/mol. The Labute approximate surface area is 191 Å². The molecule has 1 fully saturated rings. The van der Waals surface area contributed by atoms with Gasteiger partial charge in [0.1, 0.15) is 11.6 Å². The zero-order chi connectivity index (χ0) is 22.6. The van der Waals surface area contributed by atoms with Crippen LogP contribution in [0.1, 0.15) is 35.1 Å². The SMILES string of the molecule is O=C(c1cccc(F)c1)N1CCC[C@H]1c1nc(Nc2ccccc2)cc(-c2cccnc2)n1. The molecule has 1 N–H and O–H groups in total. The Morgan fingerprint density at radius 3 is 2.67 bits per heavy atom. The molecule has 6 nitrogen and oxygen atoms in total. The Morgan fingerprint density at radius 1 is 1.00 bits per heavy atom. The van der Waals surface area contributed by atoms with Crippen LogP contribution < -0.4 is 5.32 Å². The van der Waals surface area contributed by atoms with E-state index in [4.69, 9.17) is 9.97 Å². The molecule has 1 amide bonds. The molecule has 0 unspecified atom stereocenters. The average Bonchev–Trinajstić information content (AvgIpc) is 3.35. The van der Waals surface area contributed by atoms with Gasteiger partial charge in [0.15, 0.2) is 5.82 Å². The number of carbonyl (C=O) groups excluding carboxylic acids is 1. The molecule has 2 aromatic heterocycles. The molecule has 0 aliphatic carbocycles. The Morgan fingerprint density at radius 2 is 1.88 bits per heavy atom. The summed E-state index contributed by atoms with van der Waals surface area (Å²) in [6.45, 7) is 0.571. The second-order valence-electron chi connectivity index (χ2n) is 7.90. The standard InChI is InChI=1S/C26H22FN5O/c27-20-9-4-7-18(15-20)26(33)32-14-6-12-23(32)25-30-22(19-8-5-13-28-17-19)16-24(31-25)29-21-10-2-1-3-11-21/h1-5,7-11,13,15-17,23H,6,12,14H2,(H,29,30,31)/t23-/m0/s1. The second-order valence-corrected chi connectivity index (χ2v) is 7.90. The van der Waals surface area contributed by atoms with Gasteiger partial charge in [-0.1, -0.05) is 24.3 Å². The largest absolute Gasteiger partial charge is 0.340 e. The van der Waals surface area contributed by atoms with Crippen molar-refractivity contribution >= 4 is 17.4 Å². The third-order valence-electron chi connectivity index (χ3n) is 5.63. The summed E-state index contributed by atoms with van der Waals surface area (Å²) in [5.41, 5.74) is 2.81. The molecule has 0 radical (unpaired) electrons. The van der Waals surface area contributed by atoms with Crippen LogP contribution in [-0.4, -0.2) is 32.3 Å².